The predicted molar refractivity (Wildman–Crippen MR) is 62.6 cm³/mol. The molecule has 0 amide bonds. The molecule has 3 nitrogen and oxygen atoms in total. The number of rotatable bonds is 3. The number of nitrogens with zero attached hydrogens (tertiary/aromatic N) is 2. The number of alkyl halides is 3. The Labute approximate surface area is 102 Å². The normalized spacial score (nSPS) is 11.6. The van der Waals surface area contributed by atoms with Crippen LogP contribution in [-0.2, 0) is 12.7 Å². The Balaban J connectivity index is 2.16. The predicted octanol–water partition coefficient (Wildman–Crippen LogP) is 3.67. The molecule has 18 heavy (non-hydrogen) atoms. The molecule has 0 unspecified atom stereocenters. The van der Waals surface area contributed by atoms with E-state index in [1.54, 1.807) is 12.4 Å². The van der Waals surface area contributed by atoms with E-state index in [-0.39, 0.29) is 0 Å². The van der Waals surface area contributed by atoms with Gasteiger partial charge in [0, 0.05) is 24.6 Å². The van der Waals surface area contributed by atoms with Crippen molar-refractivity contribution < 1.29 is 13.2 Å². The van der Waals surface area contributed by atoms with Crippen molar-refractivity contribution in [3.8, 4) is 0 Å². The Kier molecular flexibility index (Phi) is 3.27. The quantitative estimate of drug-likeness (QED) is 0.906. The third kappa shape index (κ3) is 2.64. The molecule has 0 aliphatic rings. The van der Waals surface area contributed by atoms with Crippen molar-refractivity contribution in [3.63, 3.8) is 0 Å². The zero-order chi connectivity index (χ0) is 13.2. The van der Waals surface area contributed by atoms with E-state index in [2.05, 4.69) is 10.3 Å². The lowest BCUT2D eigenvalue weighted by Gasteiger charge is -2.10. The fourth-order valence-corrected chi connectivity index (χ4v) is 1.56. The molecule has 1 heterocycles. The summed E-state index contributed by atoms with van der Waals surface area (Å²) in [5.41, 5.74) is -0.0872. The monoisotopic (exact) mass is 255 g/mol. The van der Waals surface area contributed by atoms with Gasteiger partial charge in [-0.2, -0.15) is 13.2 Å². The fourth-order valence-electron chi connectivity index (χ4n) is 1.56. The van der Waals surface area contributed by atoms with E-state index in [0.717, 1.165) is 18.7 Å². The number of aryl methyl sites for hydroxylation is 1. The molecule has 0 spiro atoms. The van der Waals surface area contributed by atoms with E-state index in [1.807, 2.05) is 11.5 Å². The van der Waals surface area contributed by atoms with Crippen LogP contribution >= 0.6 is 0 Å². The van der Waals surface area contributed by atoms with Crippen molar-refractivity contribution >= 4 is 11.6 Å². The van der Waals surface area contributed by atoms with Crippen LogP contribution in [0.5, 0.6) is 0 Å². The molecule has 1 aromatic carbocycles. The molecule has 96 valence electrons. The molecule has 0 radical (unpaired) electrons. The van der Waals surface area contributed by atoms with E-state index in [9.17, 15) is 13.2 Å². The van der Waals surface area contributed by atoms with Gasteiger partial charge in [-0.3, -0.25) is 0 Å². The molecule has 0 fully saturated rings. The maximum Gasteiger partial charge on any atom is 0.416 e. The van der Waals surface area contributed by atoms with Crippen molar-refractivity contribution in [2.24, 2.45) is 0 Å². The topological polar surface area (TPSA) is 29.9 Å². The highest BCUT2D eigenvalue weighted by atomic mass is 19.4. The Morgan fingerprint density at radius 3 is 2.44 bits per heavy atom. The SMILES string of the molecule is CCn1ccnc1Nc1ccc(C(F)(F)F)cc1. The fraction of sp³-hybridized carbons (Fsp3) is 0.250. The van der Waals surface area contributed by atoms with Crippen LogP contribution in [0, 0.1) is 0 Å². The third-order valence-electron chi connectivity index (χ3n) is 2.52. The Morgan fingerprint density at radius 1 is 1.22 bits per heavy atom. The summed E-state index contributed by atoms with van der Waals surface area (Å²) < 4.78 is 39.0. The van der Waals surface area contributed by atoms with Gasteiger partial charge in [0.2, 0.25) is 5.95 Å². The molecule has 6 heteroatoms. The van der Waals surface area contributed by atoms with Gasteiger partial charge in [-0.1, -0.05) is 0 Å². The number of imidazole rings is 1. The zero-order valence-electron chi connectivity index (χ0n) is 9.70. The first-order valence-corrected chi connectivity index (χ1v) is 5.46. The Morgan fingerprint density at radius 2 is 1.89 bits per heavy atom. The molecule has 0 saturated heterocycles. The molecule has 2 aromatic rings. The molecular weight excluding hydrogens is 243 g/mol. The van der Waals surface area contributed by atoms with Gasteiger partial charge in [0.15, 0.2) is 0 Å². The van der Waals surface area contributed by atoms with Crippen molar-refractivity contribution in [1.82, 2.24) is 9.55 Å². The summed E-state index contributed by atoms with van der Waals surface area (Å²) in [6, 6.07) is 4.86. The van der Waals surface area contributed by atoms with Gasteiger partial charge in [0.1, 0.15) is 0 Å². The second kappa shape index (κ2) is 4.72. The molecule has 1 N–H and O–H groups in total. The van der Waals surface area contributed by atoms with Crippen molar-refractivity contribution in [1.29, 1.82) is 0 Å². The van der Waals surface area contributed by atoms with Crippen molar-refractivity contribution in [3.05, 3.63) is 42.2 Å². The van der Waals surface area contributed by atoms with Crippen LogP contribution in [0.3, 0.4) is 0 Å². The second-order valence-electron chi connectivity index (χ2n) is 3.74. The third-order valence-corrected chi connectivity index (χ3v) is 2.52. The van der Waals surface area contributed by atoms with Crippen LogP contribution in [0.15, 0.2) is 36.7 Å². The Bertz CT molecular complexity index is 514. The van der Waals surface area contributed by atoms with E-state index in [0.29, 0.717) is 11.6 Å². The molecule has 0 aliphatic carbocycles. The standard InChI is InChI=1S/C12H12F3N3/c1-2-18-8-7-16-11(18)17-10-5-3-9(4-6-10)12(13,14)15/h3-8H,2H2,1H3,(H,16,17). The first-order valence-electron chi connectivity index (χ1n) is 5.46. The highest BCUT2D eigenvalue weighted by molar-refractivity contribution is 5.54. The van der Waals surface area contributed by atoms with Gasteiger partial charge in [-0.05, 0) is 31.2 Å². The Hall–Kier alpha value is -1.98. The highest BCUT2D eigenvalue weighted by Crippen LogP contribution is 2.30. The molecule has 2 rings (SSSR count). The summed E-state index contributed by atoms with van der Waals surface area (Å²) in [6.07, 6.45) is -0.872. The summed E-state index contributed by atoms with van der Waals surface area (Å²) >= 11 is 0. The maximum atomic E-state index is 12.4. The number of hydrogen-bond donors (Lipinski definition) is 1. The molecule has 0 atom stereocenters. The maximum absolute atomic E-state index is 12.4. The van der Waals surface area contributed by atoms with E-state index >= 15 is 0 Å². The highest BCUT2D eigenvalue weighted by Gasteiger charge is 2.29. The zero-order valence-corrected chi connectivity index (χ0v) is 9.70. The average molecular weight is 255 g/mol. The first kappa shape index (κ1) is 12.5. The van der Waals surface area contributed by atoms with E-state index in [4.69, 9.17) is 0 Å². The van der Waals surface area contributed by atoms with Crippen LogP contribution in [-0.4, -0.2) is 9.55 Å². The summed E-state index contributed by atoms with van der Waals surface area (Å²) in [6.45, 7) is 2.70. The number of nitrogens with one attached hydrogen (secondary N) is 1. The van der Waals surface area contributed by atoms with Gasteiger partial charge >= 0.3 is 6.18 Å². The minimum absolute atomic E-state index is 0.573. The van der Waals surface area contributed by atoms with Gasteiger partial charge in [0.05, 0.1) is 5.56 Å². The van der Waals surface area contributed by atoms with Crippen LogP contribution in [0.1, 0.15) is 12.5 Å². The largest absolute Gasteiger partial charge is 0.416 e. The van der Waals surface area contributed by atoms with Crippen molar-refractivity contribution in [2.75, 3.05) is 5.32 Å². The summed E-state index contributed by atoms with van der Waals surface area (Å²) in [5, 5.41) is 2.97. The molecule has 0 aliphatic heterocycles. The van der Waals surface area contributed by atoms with E-state index < -0.39 is 11.7 Å². The number of aromatic nitrogens is 2. The lowest BCUT2D eigenvalue weighted by molar-refractivity contribution is -0.137. The minimum atomic E-state index is -4.31. The van der Waals surface area contributed by atoms with Gasteiger partial charge in [0.25, 0.3) is 0 Å². The number of halogens is 3. The lowest BCUT2D eigenvalue weighted by atomic mass is 10.2. The molecule has 0 saturated carbocycles. The summed E-state index contributed by atoms with van der Waals surface area (Å²) in [5.74, 6) is 0.609. The molecule has 0 bridgehead atoms. The van der Waals surface area contributed by atoms with Crippen LogP contribution in [0.4, 0.5) is 24.8 Å². The first-order chi connectivity index (χ1) is 8.50. The second-order valence-corrected chi connectivity index (χ2v) is 3.74. The van der Waals surface area contributed by atoms with Crippen LogP contribution < -0.4 is 5.32 Å². The van der Waals surface area contributed by atoms with Gasteiger partial charge in [-0.25, -0.2) is 4.98 Å². The van der Waals surface area contributed by atoms with Crippen LogP contribution in [0.2, 0.25) is 0 Å². The summed E-state index contributed by atoms with van der Waals surface area (Å²) in [7, 11) is 0. The molecule has 1 aromatic heterocycles. The van der Waals surface area contributed by atoms with Gasteiger partial charge in [-0.15, -0.1) is 0 Å². The summed E-state index contributed by atoms with van der Waals surface area (Å²) in [4.78, 5) is 4.08. The smallest absolute Gasteiger partial charge is 0.326 e. The minimum Gasteiger partial charge on any atom is -0.326 e. The molecular formula is C12H12F3N3. The number of anilines is 2. The van der Waals surface area contributed by atoms with Gasteiger partial charge < -0.3 is 9.88 Å². The van der Waals surface area contributed by atoms with E-state index in [1.165, 1.54) is 12.1 Å². The van der Waals surface area contributed by atoms with Crippen LogP contribution in [0.25, 0.3) is 0 Å². The lowest BCUT2D eigenvalue weighted by Crippen LogP contribution is -2.05. The average Bonchev–Trinajstić information content (AvgIpc) is 2.76. The number of hydrogen-bond acceptors (Lipinski definition) is 2. The van der Waals surface area contributed by atoms with Crippen molar-refractivity contribution in [2.45, 2.75) is 19.6 Å². The number of benzene rings is 1.